The summed E-state index contributed by atoms with van der Waals surface area (Å²) in [6, 6.07) is 0. The van der Waals surface area contributed by atoms with Crippen molar-refractivity contribution >= 4 is 5.78 Å². The fraction of sp³-hybridized carbons (Fsp3) is 0.600. The van der Waals surface area contributed by atoms with Crippen LogP contribution in [0.1, 0.15) is 13.8 Å². The van der Waals surface area contributed by atoms with Crippen molar-refractivity contribution in [2.45, 2.75) is 19.4 Å². The molecular formula is C5H9O2. The van der Waals surface area contributed by atoms with E-state index in [1.807, 2.05) is 0 Å². The number of carbonyl (C=O) groups excluding carboxylic acids is 1. The zero-order valence-corrected chi connectivity index (χ0v) is 4.56. The van der Waals surface area contributed by atoms with E-state index < -0.39 is 5.60 Å². The Kier molecular flexibility index (Phi) is 1.53. The minimum absolute atomic E-state index is 0.312. The van der Waals surface area contributed by atoms with E-state index >= 15 is 0 Å². The molecule has 0 amide bonds. The Bertz CT molecular complexity index is 78.6. The highest BCUT2D eigenvalue weighted by molar-refractivity contribution is 5.84. The third-order valence-corrected chi connectivity index (χ3v) is 0.758. The molecular weight excluding hydrogens is 92.1 g/mol. The van der Waals surface area contributed by atoms with Gasteiger partial charge >= 0.3 is 0 Å². The second-order valence-electron chi connectivity index (χ2n) is 1.83. The van der Waals surface area contributed by atoms with E-state index in [1.165, 1.54) is 13.8 Å². The fourth-order valence-electron chi connectivity index (χ4n) is 0. The molecule has 0 saturated heterocycles. The summed E-state index contributed by atoms with van der Waals surface area (Å²) in [5.74, 6) is -0.312. The summed E-state index contributed by atoms with van der Waals surface area (Å²) in [6.45, 7) is 5.83. The summed E-state index contributed by atoms with van der Waals surface area (Å²) in [5, 5.41) is 8.63. The van der Waals surface area contributed by atoms with Crippen LogP contribution in [-0.4, -0.2) is 16.5 Å². The van der Waals surface area contributed by atoms with Crippen molar-refractivity contribution in [2.24, 2.45) is 0 Å². The minimum Gasteiger partial charge on any atom is -0.382 e. The molecule has 0 aromatic carbocycles. The SMILES string of the molecule is [CH2]C(C)(O)C(C)=O. The number of hydrogen-bond acceptors (Lipinski definition) is 2. The predicted molar refractivity (Wildman–Crippen MR) is 26.7 cm³/mol. The maximum absolute atomic E-state index is 10.2. The zero-order valence-electron chi connectivity index (χ0n) is 4.56. The van der Waals surface area contributed by atoms with Gasteiger partial charge in [0.2, 0.25) is 0 Å². The Morgan fingerprint density at radius 2 is 2.00 bits per heavy atom. The molecule has 41 valence electrons. The minimum atomic E-state index is -1.39. The van der Waals surface area contributed by atoms with Gasteiger partial charge in [0.05, 0.1) is 0 Å². The van der Waals surface area contributed by atoms with Crippen molar-refractivity contribution in [2.75, 3.05) is 0 Å². The summed E-state index contributed by atoms with van der Waals surface area (Å²) in [4.78, 5) is 10.2. The van der Waals surface area contributed by atoms with E-state index in [-0.39, 0.29) is 5.78 Å². The van der Waals surface area contributed by atoms with Gasteiger partial charge < -0.3 is 5.11 Å². The topological polar surface area (TPSA) is 37.3 Å². The van der Waals surface area contributed by atoms with Crippen LogP contribution in [0.2, 0.25) is 0 Å². The molecule has 1 radical (unpaired) electrons. The molecule has 1 atom stereocenters. The van der Waals surface area contributed by atoms with Crippen LogP contribution < -0.4 is 0 Å². The Hall–Kier alpha value is -0.370. The van der Waals surface area contributed by atoms with Crippen molar-refractivity contribution in [3.63, 3.8) is 0 Å². The van der Waals surface area contributed by atoms with Crippen LogP contribution in [0.5, 0.6) is 0 Å². The summed E-state index contributed by atoms with van der Waals surface area (Å²) in [6.07, 6.45) is 0. The molecule has 1 N–H and O–H groups in total. The molecule has 0 aromatic heterocycles. The molecule has 1 unspecified atom stereocenters. The molecule has 0 spiro atoms. The lowest BCUT2D eigenvalue weighted by Crippen LogP contribution is -2.28. The van der Waals surface area contributed by atoms with E-state index in [2.05, 4.69) is 6.92 Å². The Balaban J connectivity index is 3.79. The number of Topliss-reactive ketones (excluding diaryl/α,β-unsaturated/α-hetero) is 1. The molecule has 0 saturated carbocycles. The van der Waals surface area contributed by atoms with Gasteiger partial charge in [-0.25, -0.2) is 0 Å². The monoisotopic (exact) mass is 101 g/mol. The molecule has 0 aliphatic heterocycles. The van der Waals surface area contributed by atoms with Crippen molar-refractivity contribution in [3.8, 4) is 0 Å². The van der Waals surface area contributed by atoms with E-state index in [4.69, 9.17) is 5.11 Å². The Labute approximate surface area is 43.2 Å². The van der Waals surface area contributed by atoms with Gasteiger partial charge in [-0.1, -0.05) is 0 Å². The normalized spacial score (nSPS) is 11.4. The Morgan fingerprint density at radius 3 is 2.00 bits per heavy atom. The van der Waals surface area contributed by atoms with E-state index in [9.17, 15) is 4.79 Å². The number of rotatable bonds is 1. The van der Waals surface area contributed by atoms with Gasteiger partial charge in [-0.15, -0.1) is 0 Å². The maximum atomic E-state index is 10.2. The fourth-order valence-corrected chi connectivity index (χ4v) is 0. The molecule has 0 aromatic rings. The highest BCUT2D eigenvalue weighted by Crippen LogP contribution is 1.98. The smallest absolute Gasteiger partial charge is 0.160 e. The highest BCUT2D eigenvalue weighted by atomic mass is 16.3. The van der Waals surface area contributed by atoms with Crippen LogP contribution in [0.3, 0.4) is 0 Å². The molecule has 0 heterocycles. The first-order chi connectivity index (χ1) is 2.94. The lowest BCUT2D eigenvalue weighted by molar-refractivity contribution is -0.129. The van der Waals surface area contributed by atoms with Gasteiger partial charge in [0, 0.05) is 0 Å². The van der Waals surface area contributed by atoms with Gasteiger partial charge in [0.25, 0.3) is 0 Å². The molecule has 0 fully saturated rings. The van der Waals surface area contributed by atoms with E-state index in [0.717, 1.165) is 0 Å². The van der Waals surface area contributed by atoms with Gasteiger partial charge in [-0.2, -0.15) is 0 Å². The largest absolute Gasteiger partial charge is 0.382 e. The Morgan fingerprint density at radius 1 is 1.86 bits per heavy atom. The van der Waals surface area contributed by atoms with E-state index in [1.54, 1.807) is 0 Å². The zero-order chi connectivity index (χ0) is 6.08. The summed E-state index contributed by atoms with van der Waals surface area (Å²) < 4.78 is 0. The summed E-state index contributed by atoms with van der Waals surface area (Å²) >= 11 is 0. The number of carbonyl (C=O) groups is 1. The van der Waals surface area contributed by atoms with Crippen LogP contribution in [0.4, 0.5) is 0 Å². The standard InChI is InChI=1S/C5H9O2/c1-4(6)5(2,3)7/h7H,2H2,1,3H3. The lowest BCUT2D eigenvalue weighted by Gasteiger charge is -2.09. The van der Waals surface area contributed by atoms with Crippen LogP contribution in [0.25, 0.3) is 0 Å². The third-order valence-electron chi connectivity index (χ3n) is 0.758. The van der Waals surface area contributed by atoms with Gasteiger partial charge in [0.15, 0.2) is 5.78 Å². The molecule has 7 heavy (non-hydrogen) atoms. The van der Waals surface area contributed by atoms with Crippen molar-refractivity contribution in [1.82, 2.24) is 0 Å². The first kappa shape index (κ1) is 6.63. The highest BCUT2D eigenvalue weighted by Gasteiger charge is 2.17. The van der Waals surface area contributed by atoms with E-state index in [0.29, 0.717) is 0 Å². The summed E-state index contributed by atoms with van der Waals surface area (Å²) in [5.41, 5.74) is -1.39. The molecule has 0 aliphatic carbocycles. The van der Waals surface area contributed by atoms with Crippen molar-refractivity contribution < 1.29 is 9.90 Å². The molecule has 0 aliphatic rings. The van der Waals surface area contributed by atoms with Crippen LogP contribution >= 0.6 is 0 Å². The van der Waals surface area contributed by atoms with Gasteiger partial charge in [0.1, 0.15) is 5.60 Å². The van der Waals surface area contributed by atoms with Gasteiger partial charge in [-0.05, 0) is 20.8 Å². The quantitative estimate of drug-likeness (QED) is 0.511. The lowest BCUT2D eigenvalue weighted by atomic mass is 10.1. The van der Waals surface area contributed by atoms with Crippen molar-refractivity contribution in [1.29, 1.82) is 0 Å². The number of hydrogen-bond donors (Lipinski definition) is 1. The molecule has 0 bridgehead atoms. The van der Waals surface area contributed by atoms with Crippen molar-refractivity contribution in [3.05, 3.63) is 6.92 Å². The average molecular weight is 101 g/mol. The van der Waals surface area contributed by atoms with Crippen LogP contribution in [-0.2, 0) is 4.79 Å². The average Bonchev–Trinajstić information content (AvgIpc) is 1.31. The third kappa shape index (κ3) is 2.34. The number of aliphatic hydroxyl groups is 1. The molecule has 2 heteroatoms. The van der Waals surface area contributed by atoms with Crippen LogP contribution in [0.15, 0.2) is 0 Å². The van der Waals surface area contributed by atoms with Crippen LogP contribution in [0, 0.1) is 6.92 Å². The maximum Gasteiger partial charge on any atom is 0.160 e. The van der Waals surface area contributed by atoms with Gasteiger partial charge in [-0.3, -0.25) is 4.79 Å². The second-order valence-corrected chi connectivity index (χ2v) is 1.83. The first-order valence-corrected chi connectivity index (χ1v) is 2.03. The molecule has 2 nitrogen and oxygen atoms in total. The second kappa shape index (κ2) is 1.62. The number of ketones is 1. The predicted octanol–water partition coefficient (Wildman–Crippen LogP) is 0.160. The first-order valence-electron chi connectivity index (χ1n) is 2.03. The molecule has 0 rings (SSSR count). The summed E-state index contributed by atoms with van der Waals surface area (Å²) in [7, 11) is 0.